The number of anilines is 3. The lowest BCUT2D eigenvalue weighted by molar-refractivity contribution is 0.166. The van der Waals surface area contributed by atoms with Crippen LogP contribution in [0, 0.1) is 0 Å². The van der Waals surface area contributed by atoms with Crippen molar-refractivity contribution in [2.45, 2.75) is 0 Å². The van der Waals surface area contributed by atoms with E-state index in [0.717, 1.165) is 0 Å². The largest absolute Gasteiger partial charge is 0.447 e. The smallest absolute Gasteiger partial charge is 0.411 e. The summed E-state index contributed by atoms with van der Waals surface area (Å²) >= 11 is 11.6. The van der Waals surface area contributed by atoms with Gasteiger partial charge in [0, 0.05) is 24.8 Å². The average Bonchev–Trinajstić information content (AvgIpc) is 2.53. The first kappa shape index (κ1) is 18.0. The first-order valence-corrected chi connectivity index (χ1v) is 7.72. The molecule has 10 heteroatoms. The number of carbonyl (C=O) groups excluding carboxylic acids is 1. The van der Waals surface area contributed by atoms with Crippen molar-refractivity contribution in [3.8, 4) is 0 Å². The number of hydrogen-bond donors (Lipinski definition) is 2. The quantitative estimate of drug-likeness (QED) is 0.755. The lowest BCUT2D eigenvalue weighted by atomic mass is 10.3. The Balaban J connectivity index is 1.76. The van der Waals surface area contributed by atoms with Gasteiger partial charge in [-0.05, 0) is 35.9 Å². The molecule has 1 aromatic heterocycles. The number of halogens is 2. The van der Waals surface area contributed by atoms with Crippen LogP contribution in [0.5, 0.6) is 0 Å². The normalized spacial score (nSPS) is 10.2. The first-order chi connectivity index (χ1) is 11.4. The van der Waals surface area contributed by atoms with Crippen LogP contribution >= 0.6 is 23.2 Å². The molecule has 0 aliphatic heterocycles. The summed E-state index contributed by atoms with van der Waals surface area (Å²) in [6.07, 6.45) is -0.568. The van der Waals surface area contributed by atoms with E-state index in [1.807, 2.05) is 0 Å². The summed E-state index contributed by atoms with van der Waals surface area (Å²) < 4.78 is 5.05. The van der Waals surface area contributed by atoms with Gasteiger partial charge in [0.15, 0.2) is 0 Å². The molecular formula is C14H16Cl2N6O2. The second kappa shape index (κ2) is 8.51. The minimum Gasteiger partial charge on any atom is -0.447 e. The molecule has 0 aliphatic rings. The summed E-state index contributed by atoms with van der Waals surface area (Å²) in [5, 5.41) is 6.17. The molecule has 0 aliphatic carbocycles. The van der Waals surface area contributed by atoms with E-state index >= 15 is 0 Å². The van der Waals surface area contributed by atoms with E-state index in [1.165, 1.54) is 0 Å². The van der Waals surface area contributed by atoms with Gasteiger partial charge in [-0.2, -0.15) is 15.0 Å². The van der Waals surface area contributed by atoms with E-state index in [4.69, 9.17) is 27.9 Å². The highest BCUT2D eigenvalue weighted by molar-refractivity contribution is 6.30. The lowest BCUT2D eigenvalue weighted by Crippen LogP contribution is -2.20. The topological polar surface area (TPSA) is 92.3 Å². The van der Waals surface area contributed by atoms with Crippen molar-refractivity contribution in [1.29, 1.82) is 0 Å². The molecule has 0 saturated carbocycles. The summed E-state index contributed by atoms with van der Waals surface area (Å²) in [5.74, 6) is 0.735. The van der Waals surface area contributed by atoms with Gasteiger partial charge in [-0.15, -0.1) is 0 Å². The first-order valence-electron chi connectivity index (χ1n) is 6.96. The summed E-state index contributed by atoms with van der Waals surface area (Å²) in [6.45, 7) is 0.446. The Morgan fingerprint density at radius 3 is 2.54 bits per heavy atom. The number of hydrogen-bond acceptors (Lipinski definition) is 7. The van der Waals surface area contributed by atoms with Crippen LogP contribution < -0.4 is 15.5 Å². The second-order valence-corrected chi connectivity index (χ2v) is 5.59. The highest BCUT2D eigenvalue weighted by atomic mass is 35.5. The van der Waals surface area contributed by atoms with Crippen molar-refractivity contribution in [1.82, 2.24) is 15.0 Å². The van der Waals surface area contributed by atoms with Gasteiger partial charge in [0.05, 0.1) is 6.54 Å². The molecule has 0 unspecified atom stereocenters. The molecule has 0 bridgehead atoms. The maximum atomic E-state index is 11.6. The SMILES string of the molecule is CN(C)c1nc(Cl)nc(NCCOC(=O)Nc2ccc(Cl)cc2)n1. The van der Waals surface area contributed by atoms with Crippen LogP contribution in [0.4, 0.5) is 22.4 Å². The Labute approximate surface area is 149 Å². The van der Waals surface area contributed by atoms with E-state index in [9.17, 15) is 4.79 Å². The Kier molecular flexibility index (Phi) is 6.39. The predicted octanol–water partition coefficient (Wildman–Crippen LogP) is 2.91. The molecule has 0 radical (unpaired) electrons. The van der Waals surface area contributed by atoms with Gasteiger partial charge in [-0.25, -0.2) is 4.79 Å². The molecule has 2 aromatic rings. The number of nitrogens with one attached hydrogen (secondary N) is 2. The number of carbonyl (C=O) groups is 1. The Bertz CT molecular complexity index is 696. The number of benzene rings is 1. The van der Waals surface area contributed by atoms with Crippen LogP contribution in [0.15, 0.2) is 24.3 Å². The molecule has 0 fully saturated rings. The van der Waals surface area contributed by atoms with Crippen LogP contribution in [0.25, 0.3) is 0 Å². The highest BCUT2D eigenvalue weighted by Gasteiger charge is 2.07. The van der Waals surface area contributed by atoms with Crippen LogP contribution in [-0.2, 0) is 4.74 Å². The fourth-order valence-electron chi connectivity index (χ4n) is 1.61. The zero-order valence-corrected chi connectivity index (χ0v) is 14.6. The number of amides is 1. The molecule has 24 heavy (non-hydrogen) atoms. The molecule has 2 N–H and O–H groups in total. The Morgan fingerprint density at radius 2 is 1.88 bits per heavy atom. The number of ether oxygens (including phenoxy) is 1. The molecule has 0 atom stereocenters. The van der Waals surface area contributed by atoms with Crippen molar-refractivity contribution >= 4 is 46.9 Å². The Hall–Kier alpha value is -2.32. The van der Waals surface area contributed by atoms with Crippen LogP contribution in [0.2, 0.25) is 10.3 Å². The number of nitrogens with zero attached hydrogens (tertiary/aromatic N) is 4. The van der Waals surface area contributed by atoms with Crippen molar-refractivity contribution in [3.05, 3.63) is 34.6 Å². The summed E-state index contributed by atoms with van der Waals surface area (Å²) in [5.41, 5.74) is 0.595. The van der Waals surface area contributed by atoms with Gasteiger partial charge in [0.25, 0.3) is 0 Å². The van der Waals surface area contributed by atoms with Crippen LogP contribution in [0.1, 0.15) is 0 Å². The zero-order chi connectivity index (χ0) is 17.5. The summed E-state index contributed by atoms with van der Waals surface area (Å²) in [7, 11) is 3.58. The molecule has 8 nitrogen and oxygen atoms in total. The number of rotatable bonds is 6. The van der Waals surface area contributed by atoms with Gasteiger partial charge in [-0.3, -0.25) is 5.32 Å². The van der Waals surface area contributed by atoms with Gasteiger partial charge in [0.1, 0.15) is 6.61 Å². The van der Waals surface area contributed by atoms with Crippen molar-refractivity contribution in [3.63, 3.8) is 0 Å². The third-order valence-electron chi connectivity index (χ3n) is 2.71. The minimum absolute atomic E-state index is 0.0811. The van der Waals surface area contributed by atoms with E-state index in [0.29, 0.717) is 29.2 Å². The van der Waals surface area contributed by atoms with Gasteiger partial charge >= 0.3 is 6.09 Å². The zero-order valence-electron chi connectivity index (χ0n) is 13.1. The number of aromatic nitrogens is 3. The third kappa shape index (κ3) is 5.71. The van der Waals surface area contributed by atoms with E-state index in [-0.39, 0.29) is 11.9 Å². The van der Waals surface area contributed by atoms with E-state index < -0.39 is 6.09 Å². The summed E-state index contributed by atoms with van der Waals surface area (Å²) in [4.78, 5) is 25.4. The van der Waals surface area contributed by atoms with Gasteiger partial charge in [0.2, 0.25) is 17.2 Å². The monoisotopic (exact) mass is 370 g/mol. The van der Waals surface area contributed by atoms with E-state index in [2.05, 4.69) is 25.6 Å². The molecule has 0 spiro atoms. The lowest BCUT2D eigenvalue weighted by Gasteiger charge is -2.12. The van der Waals surface area contributed by atoms with Gasteiger partial charge < -0.3 is 15.0 Å². The van der Waals surface area contributed by atoms with Crippen molar-refractivity contribution in [2.75, 3.05) is 42.8 Å². The second-order valence-electron chi connectivity index (χ2n) is 4.82. The van der Waals surface area contributed by atoms with Crippen LogP contribution in [0.3, 0.4) is 0 Å². The molecule has 1 heterocycles. The standard InChI is InChI=1S/C14H16Cl2N6O2/c1-22(2)13-20-11(16)19-12(21-13)17-7-8-24-14(23)18-10-5-3-9(15)4-6-10/h3-6H,7-8H2,1-2H3,(H,18,23)(H,17,19,20,21). The third-order valence-corrected chi connectivity index (χ3v) is 3.13. The van der Waals surface area contributed by atoms with Gasteiger partial charge in [-0.1, -0.05) is 11.6 Å². The van der Waals surface area contributed by atoms with E-state index in [1.54, 1.807) is 43.3 Å². The molecule has 1 amide bonds. The fourth-order valence-corrected chi connectivity index (χ4v) is 1.89. The molecule has 2 rings (SSSR count). The molecular weight excluding hydrogens is 355 g/mol. The maximum absolute atomic E-state index is 11.6. The molecule has 128 valence electrons. The molecule has 1 aromatic carbocycles. The maximum Gasteiger partial charge on any atom is 0.411 e. The fraction of sp³-hybridized carbons (Fsp3) is 0.286. The highest BCUT2D eigenvalue weighted by Crippen LogP contribution is 2.13. The van der Waals surface area contributed by atoms with Crippen LogP contribution in [-0.4, -0.2) is 48.3 Å². The predicted molar refractivity (Wildman–Crippen MR) is 94.1 cm³/mol. The minimum atomic E-state index is -0.568. The Morgan fingerprint density at radius 1 is 1.17 bits per heavy atom. The average molecular weight is 371 g/mol. The van der Waals surface area contributed by atoms with Crippen molar-refractivity contribution in [2.24, 2.45) is 0 Å². The summed E-state index contributed by atoms with van der Waals surface area (Å²) in [6, 6.07) is 6.70. The molecule has 0 saturated heterocycles. The van der Waals surface area contributed by atoms with Crippen molar-refractivity contribution < 1.29 is 9.53 Å².